The maximum atomic E-state index is 11.7. The molecule has 1 N–H and O–H groups in total. The molecule has 0 fully saturated rings. The lowest BCUT2D eigenvalue weighted by Gasteiger charge is -2.09. The number of rotatable bonds is 7. The van der Waals surface area contributed by atoms with Gasteiger partial charge >= 0.3 is 6.18 Å². The third-order valence-electron chi connectivity index (χ3n) is 1.77. The Balaban J connectivity index is 1.95. The molecule has 0 aliphatic rings. The van der Waals surface area contributed by atoms with Crippen LogP contribution < -0.4 is 10.2 Å². The summed E-state index contributed by atoms with van der Waals surface area (Å²) in [4.78, 5) is 4.22. The molecule has 0 atom stereocenters. The number of hydrogen-bond donors (Lipinski definition) is 1. The number of nitrogens with one attached hydrogen (secondary N) is 1. The lowest BCUT2D eigenvalue weighted by Crippen LogP contribution is -2.26. The highest BCUT2D eigenvalue weighted by molar-refractivity contribution is 5.20. The molecule has 17 heavy (non-hydrogen) atoms. The second-order valence-electron chi connectivity index (χ2n) is 3.31. The number of alkyl halides is 3. The monoisotopic (exact) mass is 249 g/mol. The molecule has 0 saturated heterocycles. The number of hydroxylamine groups is 1. The van der Waals surface area contributed by atoms with Gasteiger partial charge in [0.15, 0.2) is 6.61 Å². The zero-order chi connectivity index (χ0) is 12.6. The summed E-state index contributed by atoms with van der Waals surface area (Å²) >= 11 is 0. The van der Waals surface area contributed by atoms with Crippen molar-refractivity contribution in [3.05, 3.63) is 30.3 Å². The van der Waals surface area contributed by atoms with Crippen molar-refractivity contribution in [1.82, 2.24) is 5.48 Å². The Bertz CT molecular complexity index is 303. The molecule has 0 spiro atoms. The fraction of sp³-hybridized carbons (Fsp3) is 0.455. The van der Waals surface area contributed by atoms with E-state index in [1.54, 1.807) is 0 Å². The first kappa shape index (κ1) is 13.8. The van der Waals surface area contributed by atoms with Crippen LogP contribution in [0.25, 0.3) is 0 Å². The summed E-state index contributed by atoms with van der Waals surface area (Å²) in [5, 5.41) is 0. The molecule has 1 rings (SSSR count). The fourth-order valence-electron chi connectivity index (χ4n) is 1.06. The predicted octanol–water partition coefficient (Wildman–Crippen LogP) is 2.54. The van der Waals surface area contributed by atoms with Crippen molar-refractivity contribution in [3.8, 4) is 5.75 Å². The van der Waals surface area contributed by atoms with Crippen LogP contribution in [0.3, 0.4) is 0 Å². The summed E-state index contributed by atoms with van der Waals surface area (Å²) in [5.74, 6) is 0.740. The second-order valence-corrected chi connectivity index (χ2v) is 3.31. The average molecular weight is 249 g/mol. The molecule has 1 aromatic rings. The molecule has 0 unspecified atom stereocenters. The summed E-state index contributed by atoms with van der Waals surface area (Å²) < 4.78 is 40.3. The van der Waals surface area contributed by atoms with Gasteiger partial charge in [-0.1, -0.05) is 18.2 Å². The van der Waals surface area contributed by atoms with Gasteiger partial charge in [0, 0.05) is 6.54 Å². The Kier molecular flexibility index (Phi) is 5.79. The largest absolute Gasteiger partial charge is 0.494 e. The minimum Gasteiger partial charge on any atom is -0.494 e. The molecule has 1 aromatic carbocycles. The smallest absolute Gasteiger partial charge is 0.413 e. The summed E-state index contributed by atoms with van der Waals surface area (Å²) in [6.07, 6.45) is -3.74. The predicted molar refractivity (Wildman–Crippen MR) is 56.6 cm³/mol. The molecule has 0 radical (unpaired) electrons. The first-order valence-corrected chi connectivity index (χ1v) is 5.17. The number of hydrogen-bond acceptors (Lipinski definition) is 3. The van der Waals surface area contributed by atoms with Gasteiger partial charge in [-0.05, 0) is 18.6 Å². The van der Waals surface area contributed by atoms with Crippen molar-refractivity contribution >= 4 is 0 Å². The number of ether oxygens (including phenoxy) is 1. The summed E-state index contributed by atoms with van der Waals surface area (Å²) in [6, 6.07) is 9.20. The lowest BCUT2D eigenvalue weighted by molar-refractivity contribution is -0.189. The molecule has 3 nitrogen and oxygen atoms in total. The van der Waals surface area contributed by atoms with E-state index in [4.69, 9.17) is 4.74 Å². The maximum Gasteiger partial charge on any atom is 0.413 e. The van der Waals surface area contributed by atoms with Crippen molar-refractivity contribution < 1.29 is 22.7 Å². The van der Waals surface area contributed by atoms with Gasteiger partial charge in [0.2, 0.25) is 0 Å². The Morgan fingerprint density at radius 2 is 1.82 bits per heavy atom. The van der Waals surface area contributed by atoms with Gasteiger partial charge < -0.3 is 4.74 Å². The minimum atomic E-state index is -4.30. The number of para-hydroxylation sites is 1. The lowest BCUT2D eigenvalue weighted by atomic mass is 10.3. The zero-order valence-electron chi connectivity index (χ0n) is 9.17. The molecule has 0 aliphatic carbocycles. The van der Waals surface area contributed by atoms with Gasteiger partial charge in [-0.3, -0.25) is 4.84 Å². The van der Waals surface area contributed by atoms with E-state index in [0.717, 1.165) is 5.75 Å². The van der Waals surface area contributed by atoms with E-state index in [0.29, 0.717) is 19.6 Å². The van der Waals surface area contributed by atoms with Gasteiger partial charge in [0.25, 0.3) is 0 Å². The van der Waals surface area contributed by atoms with Gasteiger partial charge in [-0.2, -0.15) is 13.2 Å². The maximum absolute atomic E-state index is 11.7. The summed E-state index contributed by atoms with van der Waals surface area (Å²) in [5.41, 5.74) is 2.23. The molecular weight excluding hydrogens is 235 g/mol. The van der Waals surface area contributed by atoms with Gasteiger partial charge in [-0.25, -0.2) is 5.48 Å². The van der Waals surface area contributed by atoms with Crippen LogP contribution in [0.1, 0.15) is 6.42 Å². The quantitative estimate of drug-likeness (QED) is 0.595. The van der Waals surface area contributed by atoms with Crippen molar-refractivity contribution in [2.45, 2.75) is 12.6 Å². The highest BCUT2D eigenvalue weighted by atomic mass is 19.4. The molecule has 0 aromatic heterocycles. The van der Waals surface area contributed by atoms with Crippen LogP contribution in [0.15, 0.2) is 30.3 Å². The van der Waals surface area contributed by atoms with E-state index < -0.39 is 12.8 Å². The topological polar surface area (TPSA) is 30.5 Å². The van der Waals surface area contributed by atoms with Gasteiger partial charge in [-0.15, -0.1) is 0 Å². The van der Waals surface area contributed by atoms with Crippen LogP contribution in [0.4, 0.5) is 13.2 Å². The second kappa shape index (κ2) is 7.13. The normalized spacial score (nSPS) is 11.5. The van der Waals surface area contributed by atoms with Crippen LogP contribution in [-0.2, 0) is 4.84 Å². The van der Waals surface area contributed by atoms with Crippen molar-refractivity contribution in [2.24, 2.45) is 0 Å². The van der Waals surface area contributed by atoms with Crippen LogP contribution in [0, 0.1) is 0 Å². The highest BCUT2D eigenvalue weighted by Gasteiger charge is 2.27. The molecule has 0 aliphatic heterocycles. The molecule has 0 heterocycles. The van der Waals surface area contributed by atoms with Crippen LogP contribution in [0.5, 0.6) is 5.75 Å². The van der Waals surface area contributed by atoms with E-state index in [2.05, 4.69) is 10.3 Å². The molecule has 0 saturated carbocycles. The van der Waals surface area contributed by atoms with Gasteiger partial charge in [0.05, 0.1) is 6.61 Å². The van der Waals surface area contributed by atoms with E-state index >= 15 is 0 Å². The zero-order valence-corrected chi connectivity index (χ0v) is 9.17. The third kappa shape index (κ3) is 7.59. The Morgan fingerprint density at radius 3 is 2.47 bits per heavy atom. The number of benzene rings is 1. The first-order valence-electron chi connectivity index (χ1n) is 5.17. The standard InChI is InChI=1S/C11H14F3NO2/c12-11(13,14)9-17-15-7-4-8-16-10-5-2-1-3-6-10/h1-3,5-6,15H,4,7-9H2. The van der Waals surface area contributed by atoms with Crippen molar-refractivity contribution in [1.29, 1.82) is 0 Å². The average Bonchev–Trinajstić information content (AvgIpc) is 2.28. The van der Waals surface area contributed by atoms with Crippen LogP contribution in [-0.4, -0.2) is 25.9 Å². The summed E-state index contributed by atoms with van der Waals surface area (Å²) in [7, 11) is 0. The SMILES string of the molecule is FC(F)(F)CONCCCOc1ccccc1. The Morgan fingerprint density at radius 1 is 1.12 bits per heavy atom. The fourth-order valence-corrected chi connectivity index (χ4v) is 1.06. The third-order valence-corrected chi connectivity index (χ3v) is 1.77. The number of halogens is 3. The van der Waals surface area contributed by atoms with E-state index in [1.165, 1.54) is 0 Å². The van der Waals surface area contributed by atoms with E-state index in [-0.39, 0.29) is 0 Å². The minimum absolute atomic E-state index is 0.308. The Labute approximate surface area is 97.5 Å². The molecule has 0 bridgehead atoms. The van der Waals surface area contributed by atoms with Gasteiger partial charge in [0.1, 0.15) is 5.75 Å². The molecular formula is C11H14F3NO2. The van der Waals surface area contributed by atoms with Crippen LogP contribution in [0.2, 0.25) is 0 Å². The summed E-state index contributed by atoms with van der Waals surface area (Å²) in [6.45, 7) is -0.554. The van der Waals surface area contributed by atoms with E-state index in [1.807, 2.05) is 30.3 Å². The highest BCUT2D eigenvalue weighted by Crippen LogP contribution is 2.13. The molecule has 96 valence electrons. The van der Waals surface area contributed by atoms with Crippen LogP contribution >= 0.6 is 0 Å². The van der Waals surface area contributed by atoms with Crippen molar-refractivity contribution in [3.63, 3.8) is 0 Å². The van der Waals surface area contributed by atoms with E-state index in [9.17, 15) is 13.2 Å². The Hall–Kier alpha value is -1.27. The molecule has 0 amide bonds. The van der Waals surface area contributed by atoms with Crippen molar-refractivity contribution in [2.75, 3.05) is 19.8 Å². The molecule has 6 heteroatoms. The first-order chi connectivity index (χ1) is 8.08.